The van der Waals surface area contributed by atoms with E-state index in [2.05, 4.69) is 18.8 Å². The van der Waals surface area contributed by atoms with Gasteiger partial charge in [-0.3, -0.25) is 0 Å². The largest absolute Gasteiger partial charge is 0.494 e. The van der Waals surface area contributed by atoms with Crippen molar-refractivity contribution in [3.05, 3.63) is 33.9 Å². The fourth-order valence-electron chi connectivity index (χ4n) is 1.76. The van der Waals surface area contributed by atoms with Crippen molar-refractivity contribution in [1.29, 1.82) is 0 Å². The molecule has 0 saturated carbocycles. The number of rotatable bonds is 2. The molecule has 0 aliphatic rings. The van der Waals surface area contributed by atoms with Crippen LogP contribution in [0.15, 0.2) is 18.2 Å². The lowest BCUT2D eigenvalue weighted by molar-refractivity contribution is 0.419. The van der Waals surface area contributed by atoms with Crippen LogP contribution in [0.2, 0.25) is 10.2 Å². The zero-order chi connectivity index (χ0) is 12.6. The number of hydrogen-bond donors (Lipinski definition) is 0. The second-order valence-corrected chi connectivity index (χ2v) is 4.93. The van der Waals surface area contributed by atoms with Crippen LogP contribution in [0.25, 0.3) is 10.9 Å². The van der Waals surface area contributed by atoms with Crippen molar-refractivity contribution in [2.45, 2.75) is 19.8 Å². The van der Waals surface area contributed by atoms with Gasteiger partial charge >= 0.3 is 0 Å². The first kappa shape index (κ1) is 12.5. The molecular weight excluding hydrogens is 257 g/mol. The highest BCUT2D eigenvalue weighted by molar-refractivity contribution is 6.36. The third-order valence-electron chi connectivity index (χ3n) is 2.72. The van der Waals surface area contributed by atoms with Crippen LogP contribution in [0, 0.1) is 0 Å². The molecule has 2 aromatic rings. The Labute approximate surface area is 111 Å². The molecule has 0 aliphatic carbocycles. The van der Waals surface area contributed by atoms with Gasteiger partial charge in [0.15, 0.2) is 0 Å². The number of hydrogen-bond acceptors (Lipinski definition) is 2. The molecule has 1 heterocycles. The van der Waals surface area contributed by atoms with Crippen molar-refractivity contribution in [2.75, 3.05) is 7.11 Å². The van der Waals surface area contributed by atoms with Gasteiger partial charge in [0, 0.05) is 5.39 Å². The van der Waals surface area contributed by atoms with E-state index in [9.17, 15) is 0 Å². The molecular formula is C13H13Cl2NO. The van der Waals surface area contributed by atoms with Crippen LogP contribution in [0.4, 0.5) is 0 Å². The SMILES string of the molecule is COc1ccc(Cl)c2cc(C(C)C)c(Cl)nc12. The minimum Gasteiger partial charge on any atom is -0.494 e. The van der Waals surface area contributed by atoms with Gasteiger partial charge in [-0.1, -0.05) is 37.0 Å². The first-order chi connectivity index (χ1) is 8.04. The van der Waals surface area contributed by atoms with Gasteiger partial charge in [-0.2, -0.15) is 0 Å². The van der Waals surface area contributed by atoms with E-state index >= 15 is 0 Å². The van der Waals surface area contributed by atoms with Gasteiger partial charge in [-0.05, 0) is 29.7 Å². The fourth-order valence-corrected chi connectivity index (χ4v) is 2.33. The molecule has 0 amide bonds. The average Bonchev–Trinajstić information content (AvgIpc) is 2.28. The maximum atomic E-state index is 6.18. The molecule has 0 fully saturated rings. The van der Waals surface area contributed by atoms with E-state index in [0.717, 1.165) is 10.9 Å². The molecule has 1 aromatic heterocycles. The summed E-state index contributed by atoms with van der Waals surface area (Å²) in [5.41, 5.74) is 1.70. The molecule has 1 aromatic carbocycles. The Kier molecular flexibility index (Phi) is 3.45. The van der Waals surface area contributed by atoms with E-state index < -0.39 is 0 Å². The van der Waals surface area contributed by atoms with E-state index in [0.29, 0.717) is 27.4 Å². The molecule has 2 rings (SSSR count). The third-order valence-corrected chi connectivity index (χ3v) is 3.35. The van der Waals surface area contributed by atoms with Gasteiger partial charge in [0.25, 0.3) is 0 Å². The average molecular weight is 270 g/mol. The number of aromatic nitrogens is 1. The van der Waals surface area contributed by atoms with Crippen molar-refractivity contribution < 1.29 is 4.74 Å². The summed E-state index contributed by atoms with van der Waals surface area (Å²) < 4.78 is 5.26. The molecule has 0 radical (unpaired) electrons. The molecule has 4 heteroatoms. The van der Waals surface area contributed by atoms with Gasteiger partial charge in [-0.15, -0.1) is 0 Å². The maximum absolute atomic E-state index is 6.18. The topological polar surface area (TPSA) is 22.1 Å². The second kappa shape index (κ2) is 4.71. The number of fused-ring (bicyclic) bond motifs is 1. The number of ether oxygens (including phenoxy) is 1. The molecule has 0 unspecified atom stereocenters. The summed E-state index contributed by atoms with van der Waals surface area (Å²) in [4.78, 5) is 4.38. The minimum absolute atomic E-state index is 0.307. The zero-order valence-corrected chi connectivity index (χ0v) is 11.4. The Hall–Kier alpha value is -0.990. The molecule has 0 atom stereocenters. The van der Waals surface area contributed by atoms with Crippen molar-refractivity contribution in [3.63, 3.8) is 0 Å². The Morgan fingerprint density at radius 1 is 1.24 bits per heavy atom. The summed E-state index contributed by atoms with van der Waals surface area (Å²) in [7, 11) is 1.61. The molecule has 90 valence electrons. The van der Waals surface area contributed by atoms with E-state index in [1.165, 1.54) is 0 Å². The predicted octanol–water partition coefficient (Wildman–Crippen LogP) is 4.67. The molecule has 17 heavy (non-hydrogen) atoms. The van der Waals surface area contributed by atoms with E-state index in [1.807, 2.05) is 12.1 Å². The summed E-state index contributed by atoms with van der Waals surface area (Å²) >= 11 is 12.3. The lowest BCUT2D eigenvalue weighted by Crippen LogP contribution is -1.95. The lowest BCUT2D eigenvalue weighted by atomic mass is 10.0. The molecule has 0 aliphatic heterocycles. The van der Waals surface area contributed by atoms with E-state index in [1.54, 1.807) is 13.2 Å². The first-order valence-corrected chi connectivity index (χ1v) is 6.12. The summed E-state index contributed by atoms with van der Waals surface area (Å²) in [5, 5.41) is 2.04. The molecule has 0 bridgehead atoms. The van der Waals surface area contributed by atoms with Gasteiger partial charge in [-0.25, -0.2) is 4.98 Å². The quantitative estimate of drug-likeness (QED) is 0.739. The Balaban J connectivity index is 2.81. The number of methoxy groups -OCH3 is 1. The number of nitrogens with zero attached hydrogens (tertiary/aromatic N) is 1. The number of halogens is 2. The minimum atomic E-state index is 0.307. The van der Waals surface area contributed by atoms with Crippen molar-refractivity contribution in [3.8, 4) is 5.75 Å². The molecule has 0 N–H and O–H groups in total. The smallest absolute Gasteiger partial charge is 0.145 e. The molecule has 0 saturated heterocycles. The highest BCUT2D eigenvalue weighted by Gasteiger charge is 2.13. The Morgan fingerprint density at radius 2 is 1.94 bits per heavy atom. The Morgan fingerprint density at radius 3 is 2.53 bits per heavy atom. The van der Waals surface area contributed by atoms with Crippen molar-refractivity contribution >= 4 is 34.1 Å². The normalized spacial score (nSPS) is 11.2. The monoisotopic (exact) mass is 269 g/mol. The van der Waals surface area contributed by atoms with Gasteiger partial charge in [0.2, 0.25) is 0 Å². The molecule has 2 nitrogen and oxygen atoms in total. The highest BCUT2D eigenvalue weighted by Crippen LogP contribution is 2.34. The van der Waals surface area contributed by atoms with Crippen LogP contribution in [-0.2, 0) is 0 Å². The van der Waals surface area contributed by atoms with Crippen LogP contribution < -0.4 is 4.74 Å². The van der Waals surface area contributed by atoms with Crippen LogP contribution in [0.3, 0.4) is 0 Å². The highest BCUT2D eigenvalue weighted by atomic mass is 35.5. The maximum Gasteiger partial charge on any atom is 0.145 e. The van der Waals surface area contributed by atoms with Crippen molar-refractivity contribution in [1.82, 2.24) is 4.98 Å². The number of pyridine rings is 1. The predicted molar refractivity (Wildman–Crippen MR) is 72.4 cm³/mol. The standard InChI is InChI=1S/C13H13Cl2NO/c1-7(2)8-6-9-10(14)4-5-11(17-3)12(9)16-13(8)15/h4-7H,1-3H3. The van der Waals surface area contributed by atoms with Gasteiger partial charge in [0.05, 0.1) is 12.1 Å². The summed E-state index contributed by atoms with van der Waals surface area (Å²) in [6.45, 7) is 4.14. The Bertz CT molecular complexity index is 567. The fraction of sp³-hybridized carbons (Fsp3) is 0.308. The first-order valence-electron chi connectivity index (χ1n) is 5.37. The van der Waals surface area contributed by atoms with Crippen LogP contribution in [0.1, 0.15) is 25.3 Å². The number of benzene rings is 1. The third kappa shape index (κ3) is 2.20. The van der Waals surface area contributed by atoms with Crippen LogP contribution in [-0.4, -0.2) is 12.1 Å². The van der Waals surface area contributed by atoms with Crippen LogP contribution in [0.5, 0.6) is 5.75 Å². The lowest BCUT2D eigenvalue weighted by Gasteiger charge is -2.12. The second-order valence-electron chi connectivity index (χ2n) is 4.17. The van der Waals surface area contributed by atoms with Crippen LogP contribution >= 0.6 is 23.2 Å². The zero-order valence-electron chi connectivity index (χ0n) is 9.92. The van der Waals surface area contributed by atoms with Gasteiger partial charge in [0.1, 0.15) is 16.4 Å². The van der Waals surface area contributed by atoms with Gasteiger partial charge < -0.3 is 4.74 Å². The summed E-state index contributed by atoms with van der Waals surface area (Å²) in [6, 6.07) is 5.59. The van der Waals surface area contributed by atoms with Crippen molar-refractivity contribution in [2.24, 2.45) is 0 Å². The van der Waals surface area contributed by atoms with E-state index in [-0.39, 0.29) is 0 Å². The summed E-state index contributed by atoms with van der Waals surface area (Å²) in [5.74, 6) is 0.989. The summed E-state index contributed by atoms with van der Waals surface area (Å²) in [6.07, 6.45) is 0. The van der Waals surface area contributed by atoms with E-state index in [4.69, 9.17) is 27.9 Å². The molecule has 0 spiro atoms.